The van der Waals surface area contributed by atoms with E-state index < -0.39 is 10.0 Å². The third kappa shape index (κ3) is 4.03. The van der Waals surface area contributed by atoms with E-state index in [4.69, 9.17) is 9.47 Å². The standard InChI is InChI=1S/C22H24N2O6S/c1-29-15-6-8-17-14(12-15)4-3-5-18(17)23-31(27,28)16-7-9-20(30-2)19(13-16)24-21(25)10-11-22(24)26/h6-9,12-13,18,23H,3-5,10-11H2,1-2H3. The van der Waals surface area contributed by atoms with E-state index in [0.29, 0.717) is 6.42 Å². The van der Waals surface area contributed by atoms with Crippen molar-refractivity contribution in [3.8, 4) is 11.5 Å². The predicted octanol–water partition coefficient (Wildman–Crippen LogP) is 2.71. The zero-order chi connectivity index (χ0) is 22.2. The molecule has 9 heteroatoms. The van der Waals surface area contributed by atoms with E-state index in [-0.39, 0.29) is 47.0 Å². The maximum Gasteiger partial charge on any atom is 0.241 e. The second kappa shape index (κ2) is 8.32. The summed E-state index contributed by atoms with van der Waals surface area (Å²) in [5.41, 5.74) is 2.13. The molecule has 164 valence electrons. The quantitative estimate of drug-likeness (QED) is 0.688. The molecule has 1 saturated heterocycles. The van der Waals surface area contributed by atoms with Gasteiger partial charge >= 0.3 is 0 Å². The first-order valence-electron chi connectivity index (χ1n) is 10.1. The number of carbonyl (C=O) groups excluding carboxylic acids is 2. The van der Waals surface area contributed by atoms with Gasteiger partial charge in [-0.15, -0.1) is 0 Å². The molecule has 1 N–H and O–H groups in total. The topological polar surface area (TPSA) is 102 Å². The highest BCUT2D eigenvalue weighted by Gasteiger charge is 2.34. The van der Waals surface area contributed by atoms with Gasteiger partial charge in [-0.2, -0.15) is 0 Å². The Kier molecular flexibility index (Phi) is 5.72. The van der Waals surface area contributed by atoms with E-state index in [2.05, 4.69) is 4.72 Å². The van der Waals surface area contributed by atoms with Gasteiger partial charge in [-0.1, -0.05) is 6.07 Å². The van der Waals surface area contributed by atoms with Crippen molar-refractivity contribution in [1.29, 1.82) is 0 Å². The second-order valence-electron chi connectivity index (χ2n) is 7.59. The molecule has 4 rings (SSSR count). The van der Waals surface area contributed by atoms with E-state index in [1.54, 1.807) is 7.11 Å². The number of amides is 2. The fourth-order valence-corrected chi connectivity index (χ4v) is 5.42. The Hall–Kier alpha value is -2.91. The Balaban J connectivity index is 1.67. The number of methoxy groups -OCH3 is 2. The van der Waals surface area contributed by atoms with Gasteiger partial charge in [0.1, 0.15) is 11.5 Å². The van der Waals surface area contributed by atoms with E-state index >= 15 is 0 Å². The number of fused-ring (bicyclic) bond motifs is 1. The molecule has 0 saturated carbocycles. The Morgan fingerprint density at radius 3 is 2.39 bits per heavy atom. The monoisotopic (exact) mass is 444 g/mol. The molecule has 1 heterocycles. The summed E-state index contributed by atoms with van der Waals surface area (Å²) in [5.74, 6) is 0.251. The number of nitrogens with one attached hydrogen (secondary N) is 1. The molecule has 31 heavy (non-hydrogen) atoms. The molecule has 1 aliphatic heterocycles. The van der Waals surface area contributed by atoms with Crippen LogP contribution < -0.4 is 19.1 Å². The van der Waals surface area contributed by atoms with Crippen molar-refractivity contribution in [3.05, 3.63) is 47.5 Å². The van der Waals surface area contributed by atoms with Gasteiger partial charge in [-0.3, -0.25) is 9.59 Å². The largest absolute Gasteiger partial charge is 0.497 e. The van der Waals surface area contributed by atoms with Crippen LogP contribution in [-0.2, 0) is 26.0 Å². The summed E-state index contributed by atoms with van der Waals surface area (Å²) in [6.07, 6.45) is 2.57. The molecule has 1 fully saturated rings. The maximum absolute atomic E-state index is 13.2. The molecular formula is C22H24N2O6S. The van der Waals surface area contributed by atoms with Gasteiger partial charge in [-0.05, 0) is 60.7 Å². The summed E-state index contributed by atoms with van der Waals surface area (Å²) in [6.45, 7) is 0. The molecule has 1 unspecified atom stereocenters. The molecular weight excluding hydrogens is 420 g/mol. The SMILES string of the molecule is COc1ccc2c(c1)CCCC2NS(=O)(=O)c1ccc(OC)c(N2C(=O)CCC2=O)c1. The number of sulfonamides is 1. The number of hydrogen-bond acceptors (Lipinski definition) is 6. The lowest BCUT2D eigenvalue weighted by Crippen LogP contribution is -2.32. The molecule has 1 atom stereocenters. The van der Waals surface area contributed by atoms with Gasteiger partial charge in [-0.25, -0.2) is 18.0 Å². The lowest BCUT2D eigenvalue weighted by molar-refractivity contribution is -0.121. The summed E-state index contributed by atoms with van der Waals surface area (Å²) in [6, 6.07) is 9.46. The van der Waals surface area contributed by atoms with E-state index in [1.165, 1.54) is 25.3 Å². The summed E-state index contributed by atoms with van der Waals surface area (Å²) in [7, 11) is -0.911. The van der Waals surface area contributed by atoms with Crippen molar-refractivity contribution in [2.45, 2.75) is 43.0 Å². The molecule has 1 aliphatic carbocycles. The number of ether oxygens (including phenoxy) is 2. The Labute approximate surface area is 181 Å². The summed E-state index contributed by atoms with van der Waals surface area (Å²) < 4.78 is 39.7. The van der Waals surface area contributed by atoms with Gasteiger partial charge in [0.25, 0.3) is 0 Å². The van der Waals surface area contributed by atoms with Crippen LogP contribution in [0.25, 0.3) is 0 Å². The highest BCUT2D eigenvalue weighted by Crippen LogP contribution is 2.36. The average molecular weight is 445 g/mol. The number of carbonyl (C=O) groups is 2. The number of hydrogen-bond donors (Lipinski definition) is 1. The third-order valence-corrected chi connectivity index (χ3v) is 7.18. The van der Waals surface area contributed by atoms with Crippen molar-refractivity contribution in [1.82, 2.24) is 4.72 Å². The molecule has 2 aliphatic rings. The van der Waals surface area contributed by atoms with Crippen molar-refractivity contribution >= 4 is 27.5 Å². The van der Waals surface area contributed by atoms with Crippen LogP contribution in [0.3, 0.4) is 0 Å². The van der Waals surface area contributed by atoms with Gasteiger partial charge in [0, 0.05) is 18.9 Å². The summed E-state index contributed by atoms with van der Waals surface area (Å²) in [5, 5.41) is 0. The van der Waals surface area contributed by atoms with Crippen LogP contribution in [-0.4, -0.2) is 34.5 Å². The van der Waals surface area contributed by atoms with E-state index in [1.807, 2.05) is 18.2 Å². The van der Waals surface area contributed by atoms with Crippen LogP contribution in [0.2, 0.25) is 0 Å². The van der Waals surface area contributed by atoms with Crippen LogP contribution in [0.5, 0.6) is 11.5 Å². The number of nitrogens with zero attached hydrogens (tertiary/aromatic N) is 1. The first kappa shape index (κ1) is 21.3. The number of imide groups is 1. The predicted molar refractivity (Wildman–Crippen MR) is 114 cm³/mol. The van der Waals surface area contributed by atoms with Crippen molar-refractivity contribution in [3.63, 3.8) is 0 Å². The molecule has 8 nitrogen and oxygen atoms in total. The van der Waals surface area contributed by atoms with Crippen LogP contribution in [0.4, 0.5) is 5.69 Å². The van der Waals surface area contributed by atoms with E-state index in [0.717, 1.165) is 34.6 Å². The Morgan fingerprint density at radius 2 is 1.71 bits per heavy atom. The first-order valence-corrected chi connectivity index (χ1v) is 11.6. The summed E-state index contributed by atoms with van der Waals surface area (Å²) in [4.78, 5) is 25.4. The van der Waals surface area contributed by atoms with Crippen molar-refractivity contribution in [2.24, 2.45) is 0 Å². The van der Waals surface area contributed by atoms with Crippen molar-refractivity contribution < 1.29 is 27.5 Å². The smallest absolute Gasteiger partial charge is 0.241 e. The second-order valence-corrected chi connectivity index (χ2v) is 9.30. The lowest BCUT2D eigenvalue weighted by atomic mass is 9.88. The average Bonchev–Trinajstić information content (AvgIpc) is 3.10. The maximum atomic E-state index is 13.2. The lowest BCUT2D eigenvalue weighted by Gasteiger charge is -2.27. The number of benzene rings is 2. The molecule has 2 amide bonds. The fraction of sp³-hybridized carbons (Fsp3) is 0.364. The molecule has 0 radical (unpaired) electrons. The minimum atomic E-state index is -3.92. The zero-order valence-corrected chi connectivity index (χ0v) is 18.2. The highest BCUT2D eigenvalue weighted by molar-refractivity contribution is 7.89. The normalized spacial score (nSPS) is 18.8. The van der Waals surface area contributed by atoms with Crippen molar-refractivity contribution in [2.75, 3.05) is 19.1 Å². The Morgan fingerprint density at radius 1 is 0.968 bits per heavy atom. The van der Waals surface area contributed by atoms with Gasteiger partial charge in [0.15, 0.2) is 0 Å². The number of aryl methyl sites for hydroxylation is 1. The first-order chi connectivity index (χ1) is 14.8. The van der Waals surface area contributed by atoms with Crippen LogP contribution >= 0.6 is 0 Å². The number of anilines is 1. The summed E-state index contributed by atoms with van der Waals surface area (Å²) >= 11 is 0. The Bertz CT molecular complexity index is 1130. The fourth-order valence-electron chi connectivity index (χ4n) is 4.15. The zero-order valence-electron chi connectivity index (χ0n) is 17.4. The molecule has 2 aromatic rings. The van der Waals surface area contributed by atoms with Crippen LogP contribution in [0, 0.1) is 0 Å². The molecule has 0 aromatic heterocycles. The van der Waals surface area contributed by atoms with E-state index in [9.17, 15) is 18.0 Å². The third-order valence-electron chi connectivity index (χ3n) is 5.71. The molecule has 2 aromatic carbocycles. The highest BCUT2D eigenvalue weighted by atomic mass is 32.2. The van der Waals surface area contributed by atoms with Crippen LogP contribution in [0.15, 0.2) is 41.3 Å². The molecule has 0 spiro atoms. The van der Waals surface area contributed by atoms with Gasteiger partial charge in [0.05, 0.1) is 24.8 Å². The van der Waals surface area contributed by atoms with Crippen LogP contribution in [0.1, 0.15) is 42.9 Å². The minimum Gasteiger partial charge on any atom is -0.497 e. The molecule has 0 bridgehead atoms. The number of rotatable bonds is 6. The van der Waals surface area contributed by atoms with Gasteiger partial charge in [0.2, 0.25) is 21.8 Å². The van der Waals surface area contributed by atoms with Gasteiger partial charge < -0.3 is 9.47 Å². The minimum absolute atomic E-state index is 0.0311.